The summed E-state index contributed by atoms with van der Waals surface area (Å²) >= 11 is 0. The van der Waals surface area contributed by atoms with Gasteiger partial charge in [-0.3, -0.25) is 4.79 Å². The molecule has 0 atom stereocenters. The van der Waals surface area contributed by atoms with E-state index in [1.165, 1.54) is 0 Å². The summed E-state index contributed by atoms with van der Waals surface area (Å²) in [6, 6.07) is 17.9. The largest absolute Gasteiger partial charge is 0.322 e. The van der Waals surface area contributed by atoms with Crippen molar-refractivity contribution in [2.45, 2.75) is 34.2 Å². The molecule has 1 amide bonds. The molecule has 5 nitrogen and oxygen atoms in total. The van der Waals surface area contributed by atoms with E-state index < -0.39 is 0 Å². The van der Waals surface area contributed by atoms with Crippen LogP contribution in [-0.2, 0) is 6.54 Å². The van der Waals surface area contributed by atoms with Crippen molar-refractivity contribution in [3.8, 4) is 0 Å². The van der Waals surface area contributed by atoms with Gasteiger partial charge in [0.15, 0.2) is 5.65 Å². The number of fused-ring (bicyclic) bond motifs is 1. The molecular weight excluding hydrogens is 360 g/mol. The monoisotopic (exact) mass is 384 g/mol. The van der Waals surface area contributed by atoms with Crippen LogP contribution in [0.5, 0.6) is 0 Å². The summed E-state index contributed by atoms with van der Waals surface area (Å²) in [6.07, 6.45) is 0. The number of nitrogens with zero attached hydrogens (tertiary/aromatic N) is 3. The van der Waals surface area contributed by atoms with Crippen molar-refractivity contribution in [3.05, 3.63) is 88.2 Å². The number of carbonyl (C=O) groups excluding carboxylic acids is 1. The molecule has 2 heterocycles. The van der Waals surface area contributed by atoms with Gasteiger partial charge in [0.25, 0.3) is 5.91 Å². The average Bonchev–Trinajstić information content (AvgIpc) is 3.00. The molecule has 1 N–H and O–H groups in total. The summed E-state index contributed by atoms with van der Waals surface area (Å²) in [6.45, 7) is 8.50. The number of rotatable bonds is 4. The predicted molar refractivity (Wildman–Crippen MR) is 116 cm³/mol. The number of anilines is 1. The number of hydrogen-bond acceptors (Lipinski definition) is 3. The van der Waals surface area contributed by atoms with Crippen molar-refractivity contribution in [1.82, 2.24) is 14.8 Å². The second-order valence-corrected chi connectivity index (χ2v) is 7.44. The van der Waals surface area contributed by atoms with Gasteiger partial charge in [-0.2, -0.15) is 5.10 Å². The van der Waals surface area contributed by atoms with Crippen LogP contribution in [0.2, 0.25) is 0 Å². The minimum Gasteiger partial charge on any atom is -0.322 e. The molecule has 0 unspecified atom stereocenters. The SMILES string of the molecule is Cc1cc(C(=O)Nc2cccc(C)c2C)c2c(C)nn(Cc3ccccc3)c2n1. The Bertz CT molecular complexity index is 1210. The Hall–Kier alpha value is -3.47. The molecular formula is C24H24N4O. The third kappa shape index (κ3) is 3.63. The van der Waals surface area contributed by atoms with E-state index in [0.717, 1.165) is 44.8 Å². The second kappa shape index (κ2) is 7.51. The summed E-state index contributed by atoms with van der Waals surface area (Å²) < 4.78 is 1.88. The molecule has 0 aliphatic carbocycles. The first kappa shape index (κ1) is 18.9. The number of amides is 1. The highest BCUT2D eigenvalue weighted by atomic mass is 16.1. The van der Waals surface area contributed by atoms with Crippen LogP contribution >= 0.6 is 0 Å². The van der Waals surface area contributed by atoms with Gasteiger partial charge in [0.05, 0.1) is 23.2 Å². The van der Waals surface area contributed by atoms with Gasteiger partial charge < -0.3 is 5.32 Å². The predicted octanol–water partition coefficient (Wildman–Crippen LogP) is 4.97. The lowest BCUT2D eigenvalue weighted by Crippen LogP contribution is -2.14. The molecule has 0 saturated carbocycles. The normalized spacial score (nSPS) is 11.0. The highest BCUT2D eigenvalue weighted by Gasteiger charge is 2.19. The van der Waals surface area contributed by atoms with E-state index in [4.69, 9.17) is 4.98 Å². The van der Waals surface area contributed by atoms with E-state index >= 15 is 0 Å². The van der Waals surface area contributed by atoms with Crippen LogP contribution in [0.25, 0.3) is 11.0 Å². The van der Waals surface area contributed by atoms with E-state index in [1.807, 2.05) is 74.8 Å². The molecule has 0 aliphatic heterocycles. The van der Waals surface area contributed by atoms with Gasteiger partial charge in [-0.1, -0.05) is 42.5 Å². The lowest BCUT2D eigenvalue weighted by molar-refractivity contribution is 0.102. The van der Waals surface area contributed by atoms with Crippen molar-refractivity contribution in [2.75, 3.05) is 5.32 Å². The van der Waals surface area contributed by atoms with Crippen molar-refractivity contribution in [2.24, 2.45) is 0 Å². The lowest BCUT2D eigenvalue weighted by Gasteiger charge is -2.12. The summed E-state index contributed by atoms with van der Waals surface area (Å²) in [4.78, 5) is 17.9. The summed E-state index contributed by atoms with van der Waals surface area (Å²) in [5, 5.41) is 8.55. The first-order valence-corrected chi connectivity index (χ1v) is 9.70. The minimum absolute atomic E-state index is 0.142. The molecule has 5 heteroatoms. The number of benzene rings is 2. The van der Waals surface area contributed by atoms with Crippen LogP contribution in [0, 0.1) is 27.7 Å². The van der Waals surface area contributed by atoms with Gasteiger partial charge in [0.1, 0.15) is 0 Å². The standard InChI is InChI=1S/C24H24N4O/c1-15-9-8-12-21(17(15)3)26-24(29)20-13-16(2)25-23-22(20)18(4)27-28(23)14-19-10-6-5-7-11-19/h5-13H,14H2,1-4H3,(H,26,29). The number of pyridine rings is 1. The summed E-state index contributed by atoms with van der Waals surface area (Å²) in [5.41, 5.74) is 7.11. The molecule has 2 aromatic heterocycles. The van der Waals surface area contributed by atoms with Crippen LogP contribution in [0.15, 0.2) is 54.6 Å². The Labute approximate surface area is 170 Å². The van der Waals surface area contributed by atoms with E-state index in [0.29, 0.717) is 12.1 Å². The fourth-order valence-corrected chi connectivity index (χ4v) is 3.60. The maximum absolute atomic E-state index is 13.2. The molecule has 146 valence electrons. The number of carbonyl (C=O) groups is 1. The average molecular weight is 384 g/mol. The number of aryl methyl sites for hydroxylation is 3. The fourth-order valence-electron chi connectivity index (χ4n) is 3.60. The van der Waals surface area contributed by atoms with Gasteiger partial charge >= 0.3 is 0 Å². The van der Waals surface area contributed by atoms with Gasteiger partial charge in [-0.15, -0.1) is 0 Å². The van der Waals surface area contributed by atoms with E-state index in [2.05, 4.69) is 22.5 Å². The Morgan fingerprint density at radius 3 is 2.52 bits per heavy atom. The molecule has 0 aliphatic rings. The van der Waals surface area contributed by atoms with Crippen LogP contribution in [0.1, 0.15) is 38.4 Å². The number of aromatic nitrogens is 3. The molecule has 0 fully saturated rings. The maximum atomic E-state index is 13.2. The molecule has 29 heavy (non-hydrogen) atoms. The van der Waals surface area contributed by atoms with Crippen molar-refractivity contribution in [1.29, 1.82) is 0 Å². The Morgan fingerprint density at radius 1 is 1.00 bits per heavy atom. The van der Waals surface area contributed by atoms with Gasteiger partial charge in [0.2, 0.25) is 0 Å². The fraction of sp³-hybridized carbons (Fsp3) is 0.208. The summed E-state index contributed by atoms with van der Waals surface area (Å²) in [7, 11) is 0. The van der Waals surface area contributed by atoms with Crippen molar-refractivity contribution < 1.29 is 4.79 Å². The lowest BCUT2D eigenvalue weighted by atomic mass is 10.1. The second-order valence-electron chi connectivity index (χ2n) is 7.44. The molecule has 0 bridgehead atoms. The first-order valence-electron chi connectivity index (χ1n) is 9.70. The number of nitrogens with one attached hydrogen (secondary N) is 1. The quantitative estimate of drug-likeness (QED) is 0.541. The van der Waals surface area contributed by atoms with Gasteiger partial charge in [0, 0.05) is 11.4 Å². The van der Waals surface area contributed by atoms with Gasteiger partial charge in [-0.05, 0) is 56.5 Å². The first-order chi connectivity index (χ1) is 13.9. The Balaban J connectivity index is 1.77. The third-order valence-electron chi connectivity index (χ3n) is 5.28. The smallest absolute Gasteiger partial charge is 0.256 e. The van der Waals surface area contributed by atoms with E-state index in [9.17, 15) is 4.79 Å². The molecule has 0 radical (unpaired) electrons. The molecule has 4 rings (SSSR count). The highest BCUT2D eigenvalue weighted by Crippen LogP contribution is 2.25. The molecule has 0 saturated heterocycles. The van der Waals surface area contributed by atoms with E-state index in [-0.39, 0.29) is 5.91 Å². The van der Waals surface area contributed by atoms with E-state index in [1.54, 1.807) is 0 Å². The zero-order chi connectivity index (χ0) is 20.5. The van der Waals surface area contributed by atoms with Crippen molar-refractivity contribution in [3.63, 3.8) is 0 Å². The van der Waals surface area contributed by atoms with Crippen LogP contribution in [0.4, 0.5) is 5.69 Å². The molecule has 4 aromatic rings. The molecule has 2 aromatic carbocycles. The Kier molecular flexibility index (Phi) is 4.89. The van der Waals surface area contributed by atoms with Crippen LogP contribution < -0.4 is 5.32 Å². The summed E-state index contributed by atoms with van der Waals surface area (Å²) in [5.74, 6) is -0.142. The number of hydrogen-bond donors (Lipinski definition) is 1. The maximum Gasteiger partial charge on any atom is 0.256 e. The third-order valence-corrected chi connectivity index (χ3v) is 5.28. The zero-order valence-electron chi connectivity index (χ0n) is 17.2. The minimum atomic E-state index is -0.142. The van der Waals surface area contributed by atoms with Gasteiger partial charge in [-0.25, -0.2) is 9.67 Å². The zero-order valence-corrected chi connectivity index (χ0v) is 17.2. The highest BCUT2D eigenvalue weighted by molar-refractivity contribution is 6.13. The Morgan fingerprint density at radius 2 is 1.76 bits per heavy atom. The van der Waals surface area contributed by atoms with Crippen LogP contribution in [0.3, 0.4) is 0 Å². The van der Waals surface area contributed by atoms with Crippen LogP contribution in [-0.4, -0.2) is 20.7 Å². The molecule has 0 spiro atoms. The van der Waals surface area contributed by atoms with Crippen molar-refractivity contribution >= 4 is 22.6 Å². The topological polar surface area (TPSA) is 59.8 Å².